The van der Waals surface area contributed by atoms with Crippen LogP contribution in [0.25, 0.3) is 11.4 Å². The van der Waals surface area contributed by atoms with Gasteiger partial charge in [-0.25, -0.2) is 8.78 Å². The Kier molecular flexibility index (Phi) is 4.84. The van der Waals surface area contributed by atoms with Crippen molar-refractivity contribution in [1.29, 1.82) is 0 Å². The summed E-state index contributed by atoms with van der Waals surface area (Å²) >= 11 is 1.23. The highest BCUT2D eigenvalue weighted by atomic mass is 32.1. The Morgan fingerprint density at radius 1 is 1.30 bits per heavy atom. The van der Waals surface area contributed by atoms with E-state index in [4.69, 9.17) is 4.74 Å². The molecule has 0 amide bonds. The molecule has 1 aromatic heterocycles. The fourth-order valence-electron chi connectivity index (χ4n) is 2.55. The predicted octanol–water partition coefficient (Wildman–Crippen LogP) is 2.25. The second kappa shape index (κ2) is 6.86. The first kappa shape index (κ1) is 16.2. The summed E-state index contributed by atoms with van der Waals surface area (Å²) < 4.78 is 36.6. The molecular formula is C15H18F2N4OS. The Bertz CT molecular complexity index is 659. The van der Waals surface area contributed by atoms with Gasteiger partial charge in [-0.1, -0.05) is 0 Å². The molecule has 1 fully saturated rings. The summed E-state index contributed by atoms with van der Waals surface area (Å²) in [6.07, 6.45) is 0.109. The molecule has 8 heteroatoms. The highest BCUT2D eigenvalue weighted by molar-refractivity contribution is 7.09. The number of ether oxygens (including phenoxy) is 1. The van der Waals surface area contributed by atoms with Crippen molar-refractivity contribution in [3.05, 3.63) is 29.8 Å². The molecule has 124 valence electrons. The van der Waals surface area contributed by atoms with Crippen molar-refractivity contribution in [1.82, 2.24) is 14.3 Å². The lowest BCUT2D eigenvalue weighted by atomic mass is 10.2. The van der Waals surface area contributed by atoms with Gasteiger partial charge >= 0.3 is 0 Å². The fraction of sp³-hybridized carbons (Fsp3) is 0.467. The lowest BCUT2D eigenvalue weighted by Crippen LogP contribution is -2.46. The summed E-state index contributed by atoms with van der Waals surface area (Å²) in [5.74, 6) is -0.915. The number of benzene rings is 1. The average molecular weight is 340 g/mol. The quantitative estimate of drug-likeness (QED) is 0.854. The molecule has 0 aliphatic carbocycles. The van der Waals surface area contributed by atoms with Crippen molar-refractivity contribution in [2.24, 2.45) is 0 Å². The van der Waals surface area contributed by atoms with E-state index in [1.54, 1.807) is 0 Å². The van der Waals surface area contributed by atoms with Gasteiger partial charge in [-0.3, -0.25) is 0 Å². The van der Waals surface area contributed by atoms with Crippen molar-refractivity contribution >= 4 is 16.7 Å². The number of hydrogen-bond acceptors (Lipinski definition) is 6. The first-order valence-corrected chi connectivity index (χ1v) is 8.10. The molecule has 3 rings (SSSR count). The molecule has 1 aliphatic heterocycles. The molecule has 0 radical (unpaired) electrons. The van der Waals surface area contributed by atoms with Crippen LogP contribution in [0.4, 0.5) is 13.9 Å². The van der Waals surface area contributed by atoms with Crippen molar-refractivity contribution in [3.8, 4) is 11.4 Å². The largest absolute Gasteiger partial charge is 0.373 e. The summed E-state index contributed by atoms with van der Waals surface area (Å²) in [7, 11) is 4.01. The third kappa shape index (κ3) is 4.01. The van der Waals surface area contributed by atoms with Crippen molar-refractivity contribution in [2.45, 2.75) is 6.10 Å². The molecule has 0 saturated carbocycles. The molecule has 23 heavy (non-hydrogen) atoms. The number of halogens is 2. The lowest BCUT2D eigenvalue weighted by molar-refractivity contribution is 0.0248. The SMILES string of the molecule is CN(C)CC1CN(c2nc(-c3cc(F)cc(F)c3)ns2)CCO1. The van der Waals surface area contributed by atoms with Crippen molar-refractivity contribution in [2.75, 3.05) is 45.2 Å². The van der Waals surface area contributed by atoms with Gasteiger partial charge in [0.1, 0.15) is 11.6 Å². The summed E-state index contributed by atoms with van der Waals surface area (Å²) in [5.41, 5.74) is 0.350. The van der Waals surface area contributed by atoms with E-state index >= 15 is 0 Å². The van der Waals surface area contributed by atoms with Crippen molar-refractivity contribution in [3.63, 3.8) is 0 Å². The molecule has 1 saturated heterocycles. The number of likely N-dealkylation sites (N-methyl/N-ethyl adjacent to an activating group) is 1. The molecule has 2 aromatic rings. The maximum absolute atomic E-state index is 13.3. The van der Waals surface area contributed by atoms with Crippen LogP contribution in [0.15, 0.2) is 18.2 Å². The summed E-state index contributed by atoms with van der Waals surface area (Å²) in [6, 6.07) is 3.32. The first-order chi connectivity index (χ1) is 11.0. The Morgan fingerprint density at radius 3 is 2.74 bits per heavy atom. The Morgan fingerprint density at radius 2 is 2.04 bits per heavy atom. The van der Waals surface area contributed by atoms with E-state index < -0.39 is 11.6 Å². The second-order valence-electron chi connectivity index (χ2n) is 5.76. The van der Waals surface area contributed by atoms with Crippen LogP contribution in [0.1, 0.15) is 0 Å². The zero-order chi connectivity index (χ0) is 16.4. The lowest BCUT2D eigenvalue weighted by Gasteiger charge is -2.33. The number of rotatable bonds is 4. The third-order valence-electron chi connectivity index (χ3n) is 3.51. The van der Waals surface area contributed by atoms with Gasteiger partial charge in [0.05, 0.1) is 12.7 Å². The molecule has 1 aromatic carbocycles. The van der Waals surface area contributed by atoms with Crippen LogP contribution in [-0.4, -0.2) is 60.7 Å². The smallest absolute Gasteiger partial charge is 0.205 e. The van der Waals surface area contributed by atoms with Gasteiger partial charge in [-0.15, -0.1) is 0 Å². The zero-order valence-electron chi connectivity index (χ0n) is 13.0. The molecule has 2 heterocycles. The average Bonchev–Trinajstić information content (AvgIpc) is 2.95. The van der Waals surface area contributed by atoms with E-state index in [9.17, 15) is 8.78 Å². The highest BCUT2D eigenvalue weighted by Crippen LogP contribution is 2.26. The fourth-order valence-corrected chi connectivity index (χ4v) is 3.28. The van der Waals surface area contributed by atoms with Gasteiger partial charge in [0, 0.05) is 42.8 Å². The first-order valence-electron chi connectivity index (χ1n) is 7.33. The van der Waals surface area contributed by atoms with Gasteiger partial charge in [-0.2, -0.15) is 9.36 Å². The summed E-state index contributed by atoms with van der Waals surface area (Å²) in [5, 5.41) is 0.747. The van der Waals surface area contributed by atoms with Crippen LogP contribution < -0.4 is 4.90 Å². The molecule has 1 unspecified atom stereocenters. The minimum atomic E-state index is -0.631. The number of hydrogen-bond donors (Lipinski definition) is 0. The molecule has 5 nitrogen and oxygen atoms in total. The van der Waals surface area contributed by atoms with Crippen LogP contribution in [0.2, 0.25) is 0 Å². The predicted molar refractivity (Wildman–Crippen MR) is 85.8 cm³/mol. The van der Waals surface area contributed by atoms with E-state index in [0.29, 0.717) is 18.0 Å². The molecule has 1 atom stereocenters. The van der Waals surface area contributed by atoms with E-state index in [2.05, 4.69) is 19.2 Å². The highest BCUT2D eigenvalue weighted by Gasteiger charge is 2.24. The number of anilines is 1. The van der Waals surface area contributed by atoms with E-state index in [-0.39, 0.29) is 6.10 Å². The summed E-state index contributed by atoms with van der Waals surface area (Å²) in [6.45, 7) is 2.92. The van der Waals surface area contributed by atoms with Crippen LogP contribution in [0.5, 0.6) is 0 Å². The van der Waals surface area contributed by atoms with Crippen molar-refractivity contribution < 1.29 is 13.5 Å². The Labute approximate surface area is 137 Å². The van der Waals surface area contributed by atoms with Crippen LogP contribution >= 0.6 is 11.5 Å². The van der Waals surface area contributed by atoms with Crippen LogP contribution in [0, 0.1) is 11.6 Å². The maximum atomic E-state index is 13.3. The maximum Gasteiger partial charge on any atom is 0.205 e. The van der Waals surface area contributed by atoms with Gasteiger partial charge in [0.15, 0.2) is 5.82 Å². The Hall–Kier alpha value is -1.64. The second-order valence-corrected chi connectivity index (χ2v) is 6.49. The van der Waals surface area contributed by atoms with Crippen LogP contribution in [0.3, 0.4) is 0 Å². The molecular weight excluding hydrogens is 322 g/mol. The molecule has 0 N–H and O–H groups in total. The zero-order valence-corrected chi connectivity index (χ0v) is 13.8. The minimum absolute atomic E-state index is 0.109. The number of morpholine rings is 1. The van der Waals surface area contributed by atoms with Gasteiger partial charge in [0.25, 0.3) is 0 Å². The summed E-state index contributed by atoms with van der Waals surface area (Å²) in [4.78, 5) is 8.62. The standard InChI is InChI=1S/C15H18F2N4OS/c1-20(2)8-13-9-21(3-4-22-13)15-18-14(19-23-15)10-5-11(16)7-12(17)6-10/h5-7,13H,3-4,8-9H2,1-2H3. The van der Waals surface area contributed by atoms with Gasteiger partial charge in [0.2, 0.25) is 5.13 Å². The minimum Gasteiger partial charge on any atom is -0.373 e. The van der Waals surface area contributed by atoms with Gasteiger partial charge in [-0.05, 0) is 26.2 Å². The molecule has 0 spiro atoms. The van der Waals surface area contributed by atoms with Gasteiger partial charge < -0.3 is 14.5 Å². The Balaban J connectivity index is 1.76. The third-order valence-corrected chi connectivity index (χ3v) is 4.29. The monoisotopic (exact) mass is 340 g/mol. The normalized spacial score (nSPS) is 18.7. The molecule has 0 bridgehead atoms. The topological polar surface area (TPSA) is 41.5 Å². The molecule has 1 aliphatic rings. The number of aromatic nitrogens is 2. The van der Waals surface area contributed by atoms with E-state index in [1.165, 1.54) is 23.7 Å². The number of nitrogens with zero attached hydrogens (tertiary/aromatic N) is 4. The van der Waals surface area contributed by atoms with E-state index in [1.807, 2.05) is 14.1 Å². The van der Waals surface area contributed by atoms with Crippen LogP contribution in [-0.2, 0) is 4.74 Å². The van der Waals surface area contributed by atoms with E-state index in [0.717, 1.165) is 30.8 Å².